The van der Waals surface area contributed by atoms with E-state index in [1.807, 2.05) is 0 Å². The molecule has 1 aliphatic carbocycles. The van der Waals surface area contributed by atoms with E-state index in [2.05, 4.69) is 0 Å². The van der Waals surface area contributed by atoms with Crippen molar-refractivity contribution in [2.75, 3.05) is 0 Å². The molecular formula is C14H19O3P. The average molecular weight is 266 g/mol. The van der Waals surface area contributed by atoms with Crippen molar-refractivity contribution in [2.45, 2.75) is 50.1 Å². The Labute approximate surface area is 108 Å². The second kappa shape index (κ2) is 4.62. The highest BCUT2D eigenvalue weighted by atomic mass is 31.1. The van der Waals surface area contributed by atoms with E-state index in [-0.39, 0.29) is 23.1 Å². The highest BCUT2D eigenvalue weighted by Gasteiger charge is 2.34. The number of fused-ring (bicyclic) bond motifs is 5. The van der Waals surface area contributed by atoms with Crippen LogP contribution in [-0.2, 0) is 4.57 Å². The molecule has 2 N–H and O–H groups in total. The maximum Gasteiger partial charge on any atom is 0.126 e. The SMILES string of the molecule is O=[PH]1c2c(O)ccc(O)c2C2CCCCC1CC2. The molecule has 1 saturated carbocycles. The van der Waals surface area contributed by atoms with Crippen molar-refractivity contribution in [1.29, 1.82) is 0 Å². The van der Waals surface area contributed by atoms with Gasteiger partial charge in [0.05, 0.1) is 5.30 Å². The number of rotatable bonds is 0. The largest absolute Gasteiger partial charge is 0.508 e. The molecule has 1 fully saturated rings. The minimum absolute atomic E-state index is 0.116. The van der Waals surface area contributed by atoms with Crippen molar-refractivity contribution in [1.82, 2.24) is 0 Å². The van der Waals surface area contributed by atoms with Crippen LogP contribution in [0.2, 0.25) is 0 Å². The monoisotopic (exact) mass is 266 g/mol. The summed E-state index contributed by atoms with van der Waals surface area (Å²) in [6, 6.07) is 3.02. The molecule has 3 atom stereocenters. The minimum atomic E-state index is -1.99. The van der Waals surface area contributed by atoms with Crippen LogP contribution in [0.3, 0.4) is 0 Å². The molecule has 98 valence electrons. The zero-order chi connectivity index (χ0) is 12.7. The van der Waals surface area contributed by atoms with Gasteiger partial charge in [-0.3, -0.25) is 0 Å². The van der Waals surface area contributed by atoms with Crippen LogP contribution in [-0.4, -0.2) is 15.9 Å². The van der Waals surface area contributed by atoms with Crippen LogP contribution in [0.1, 0.15) is 50.0 Å². The van der Waals surface area contributed by atoms with Gasteiger partial charge in [-0.15, -0.1) is 0 Å². The van der Waals surface area contributed by atoms with Crippen molar-refractivity contribution in [3.63, 3.8) is 0 Å². The molecule has 1 aromatic rings. The van der Waals surface area contributed by atoms with E-state index >= 15 is 0 Å². The summed E-state index contributed by atoms with van der Waals surface area (Å²) in [6.07, 6.45) is 6.24. The minimum Gasteiger partial charge on any atom is -0.508 e. The summed E-state index contributed by atoms with van der Waals surface area (Å²) in [5, 5.41) is 20.7. The van der Waals surface area contributed by atoms with Crippen LogP contribution in [0.25, 0.3) is 0 Å². The third-order valence-corrected chi connectivity index (χ3v) is 6.78. The molecule has 2 bridgehead atoms. The Morgan fingerprint density at radius 1 is 1.00 bits per heavy atom. The van der Waals surface area contributed by atoms with Gasteiger partial charge in [0.1, 0.15) is 19.3 Å². The van der Waals surface area contributed by atoms with Gasteiger partial charge in [-0.2, -0.15) is 0 Å². The number of benzene rings is 1. The Hall–Kier alpha value is -0.950. The number of hydrogen-bond donors (Lipinski definition) is 2. The van der Waals surface area contributed by atoms with Crippen LogP contribution in [0.4, 0.5) is 0 Å². The van der Waals surface area contributed by atoms with Crippen molar-refractivity contribution < 1.29 is 14.8 Å². The molecule has 1 heterocycles. The summed E-state index contributed by atoms with van der Waals surface area (Å²) in [7, 11) is -1.99. The molecule has 1 aromatic carbocycles. The number of hydrogen-bond acceptors (Lipinski definition) is 3. The van der Waals surface area contributed by atoms with E-state index < -0.39 is 7.80 Å². The second-order valence-electron chi connectivity index (χ2n) is 5.51. The summed E-state index contributed by atoms with van der Waals surface area (Å²) in [5.74, 6) is 0.602. The molecule has 0 radical (unpaired) electrons. The fourth-order valence-corrected chi connectivity index (χ4v) is 5.73. The van der Waals surface area contributed by atoms with E-state index in [0.29, 0.717) is 5.30 Å². The molecular weight excluding hydrogens is 247 g/mol. The lowest BCUT2D eigenvalue weighted by Crippen LogP contribution is -2.10. The molecule has 2 aliphatic rings. The molecule has 1 aliphatic heterocycles. The van der Waals surface area contributed by atoms with Crippen molar-refractivity contribution >= 4 is 13.1 Å². The highest BCUT2D eigenvalue weighted by molar-refractivity contribution is 7.54. The molecule has 4 heteroatoms. The Morgan fingerprint density at radius 2 is 1.72 bits per heavy atom. The van der Waals surface area contributed by atoms with E-state index in [0.717, 1.165) is 44.1 Å². The first kappa shape index (κ1) is 12.1. The molecule has 0 saturated heterocycles. The predicted octanol–water partition coefficient (Wildman–Crippen LogP) is 3.10. The van der Waals surface area contributed by atoms with Crippen LogP contribution >= 0.6 is 7.80 Å². The van der Waals surface area contributed by atoms with Gasteiger partial charge >= 0.3 is 0 Å². The van der Waals surface area contributed by atoms with Crippen LogP contribution < -0.4 is 5.30 Å². The van der Waals surface area contributed by atoms with E-state index in [1.165, 1.54) is 12.1 Å². The molecule has 0 amide bonds. The summed E-state index contributed by atoms with van der Waals surface area (Å²) in [5.41, 5.74) is 0.995. The Bertz CT molecular complexity index is 498. The summed E-state index contributed by atoms with van der Waals surface area (Å²) in [6.45, 7) is 0. The normalized spacial score (nSPS) is 31.2. The quantitative estimate of drug-likeness (QED) is 0.560. The van der Waals surface area contributed by atoms with Crippen molar-refractivity contribution in [3.05, 3.63) is 17.7 Å². The van der Waals surface area contributed by atoms with Crippen molar-refractivity contribution in [2.24, 2.45) is 0 Å². The Morgan fingerprint density at radius 3 is 2.56 bits per heavy atom. The Kier molecular flexibility index (Phi) is 3.11. The van der Waals surface area contributed by atoms with Gasteiger partial charge in [-0.05, 0) is 43.7 Å². The highest BCUT2D eigenvalue weighted by Crippen LogP contribution is 2.49. The van der Waals surface area contributed by atoms with Gasteiger partial charge in [0.15, 0.2) is 0 Å². The lowest BCUT2D eigenvalue weighted by molar-refractivity contribution is 0.427. The van der Waals surface area contributed by atoms with E-state index in [1.54, 1.807) is 0 Å². The molecule has 3 rings (SSSR count). The lowest BCUT2D eigenvalue weighted by Gasteiger charge is -2.20. The standard InChI is InChI=1S/C14H19O3P/c15-11-7-8-12(16)14-13(11)9-3-1-2-4-10(6-5-9)18(14)17/h7-10,15-16,18H,1-6H2. The molecule has 18 heavy (non-hydrogen) atoms. The maximum absolute atomic E-state index is 12.7. The van der Waals surface area contributed by atoms with Crippen LogP contribution in [0, 0.1) is 0 Å². The zero-order valence-corrected chi connectivity index (χ0v) is 11.4. The Balaban J connectivity index is 2.23. The molecule has 3 nitrogen and oxygen atoms in total. The number of aromatic hydroxyl groups is 2. The fourth-order valence-electron chi connectivity index (χ4n) is 3.50. The maximum atomic E-state index is 12.7. The first-order valence-electron chi connectivity index (χ1n) is 6.77. The summed E-state index contributed by atoms with van der Waals surface area (Å²) < 4.78 is 12.7. The summed E-state index contributed by atoms with van der Waals surface area (Å²) >= 11 is 0. The van der Waals surface area contributed by atoms with Crippen LogP contribution in [0.15, 0.2) is 12.1 Å². The van der Waals surface area contributed by atoms with Gasteiger partial charge in [-0.25, -0.2) is 0 Å². The molecule has 0 spiro atoms. The van der Waals surface area contributed by atoms with Crippen molar-refractivity contribution in [3.8, 4) is 11.5 Å². The topological polar surface area (TPSA) is 57.5 Å². The second-order valence-corrected chi connectivity index (χ2v) is 7.56. The van der Waals surface area contributed by atoms with Gasteiger partial charge in [-0.1, -0.05) is 12.8 Å². The first-order chi connectivity index (χ1) is 8.68. The first-order valence-corrected chi connectivity index (χ1v) is 8.26. The third kappa shape index (κ3) is 1.85. The zero-order valence-electron chi connectivity index (χ0n) is 10.4. The van der Waals surface area contributed by atoms with E-state index in [4.69, 9.17) is 0 Å². The predicted molar refractivity (Wildman–Crippen MR) is 72.6 cm³/mol. The van der Waals surface area contributed by atoms with Crippen LogP contribution in [0.5, 0.6) is 11.5 Å². The van der Waals surface area contributed by atoms with Gasteiger partial charge < -0.3 is 14.8 Å². The van der Waals surface area contributed by atoms with E-state index in [9.17, 15) is 14.8 Å². The number of phenols is 2. The molecule has 3 unspecified atom stereocenters. The average Bonchev–Trinajstić information content (AvgIpc) is 2.40. The van der Waals surface area contributed by atoms with Gasteiger partial charge in [0.25, 0.3) is 0 Å². The smallest absolute Gasteiger partial charge is 0.126 e. The fraction of sp³-hybridized carbons (Fsp3) is 0.571. The van der Waals surface area contributed by atoms with Gasteiger partial charge in [0.2, 0.25) is 0 Å². The van der Waals surface area contributed by atoms with Gasteiger partial charge in [0, 0.05) is 11.2 Å². The molecule has 0 aromatic heterocycles. The number of phenolic OH excluding ortho intramolecular Hbond substituents is 2. The third-order valence-electron chi connectivity index (χ3n) is 4.44. The lowest BCUT2D eigenvalue weighted by atomic mass is 9.85. The summed E-state index contributed by atoms with van der Waals surface area (Å²) in [4.78, 5) is 0.